The summed E-state index contributed by atoms with van der Waals surface area (Å²) in [5, 5.41) is 1.30. The minimum atomic E-state index is 0.931. The Labute approximate surface area is 51.6 Å². The first-order valence-electron chi connectivity index (χ1n) is 2.57. The van der Waals surface area contributed by atoms with Gasteiger partial charge in [-0.2, -0.15) is 4.79 Å². The average molecular weight is 112 g/mol. The molecule has 0 radical (unpaired) electrons. The maximum absolute atomic E-state index is 7.87. The Morgan fingerprint density at radius 3 is 2.86 bits per heavy atom. The summed E-state index contributed by atoms with van der Waals surface area (Å²) in [6.45, 7) is 0. The molecule has 3 heteroatoms. The van der Waals surface area contributed by atoms with Crippen LogP contribution in [0.4, 0.5) is 0 Å². The van der Waals surface area contributed by atoms with Crippen molar-refractivity contribution < 1.29 is 4.79 Å². The van der Waals surface area contributed by atoms with Gasteiger partial charge < -0.3 is 5.53 Å². The molecular formula is C4H9AlN2. The molecule has 0 amide bonds. The fourth-order valence-electron chi connectivity index (χ4n) is 0.353. The van der Waals surface area contributed by atoms with Gasteiger partial charge in [-0.15, -0.1) is 5.28 Å². The van der Waals surface area contributed by atoms with E-state index in [0.29, 0.717) is 0 Å². The second-order valence-corrected chi connectivity index (χ2v) is 2.44. The van der Waals surface area contributed by atoms with Crippen LogP contribution in [-0.4, -0.2) is 27.3 Å². The van der Waals surface area contributed by atoms with Gasteiger partial charge in [-0.1, -0.05) is 6.42 Å². The lowest BCUT2D eigenvalue weighted by Gasteiger charge is -1.76. The van der Waals surface area contributed by atoms with Crippen LogP contribution in [0.5, 0.6) is 0 Å². The molecule has 7 heavy (non-hydrogen) atoms. The Morgan fingerprint density at radius 1 is 1.71 bits per heavy atom. The maximum atomic E-state index is 7.87. The second kappa shape index (κ2) is 5.91. The average Bonchev–Trinajstić information content (AvgIpc) is 1.69. The van der Waals surface area contributed by atoms with E-state index in [1.807, 2.05) is 0 Å². The van der Waals surface area contributed by atoms with Crippen LogP contribution in [0.1, 0.15) is 12.8 Å². The van der Waals surface area contributed by atoms with Gasteiger partial charge in [0.05, 0.1) is 0 Å². The molecule has 0 saturated heterocycles. The highest BCUT2D eigenvalue weighted by atomic mass is 27.0. The van der Waals surface area contributed by atoms with Crippen molar-refractivity contribution in [3.05, 3.63) is 5.53 Å². The van der Waals surface area contributed by atoms with E-state index in [-0.39, 0.29) is 0 Å². The molecule has 0 aliphatic heterocycles. The van der Waals surface area contributed by atoms with Crippen molar-refractivity contribution in [2.45, 2.75) is 18.1 Å². The van der Waals surface area contributed by atoms with Gasteiger partial charge in [-0.3, -0.25) is 0 Å². The molecule has 0 aromatic rings. The normalized spacial score (nSPS) is 7.43. The third-order valence-corrected chi connectivity index (χ3v) is 1.48. The highest BCUT2D eigenvalue weighted by Crippen LogP contribution is 1.85. The van der Waals surface area contributed by atoms with Crippen LogP contribution in [-0.2, 0) is 0 Å². The van der Waals surface area contributed by atoms with Gasteiger partial charge >= 0.3 is 0 Å². The molecule has 0 aliphatic rings. The zero-order chi connectivity index (χ0) is 5.54. The zero-order valence-electron chi connectivity index (χ0n) is 4.59. The van der Waals surface area contributed by atoms with Crippen molar-refractivity contribution in [2.75, 3.05) is 0 Å². The molecule has 0 unspecified atom stereocenters. The number of hydrogen-bond acceptors (Lipinski definition) is 0. The summed E-state index contributed by atoms with van der Waals surface area (Å²) in [5.74, 6) is 0. The molecule has 38 valence electrons. The fourth-order valence-corrected chi connectivity index (χ4v) is 0.761. The summed E-state index contributed by atoms with van der Waals surface area (Å²) in [7, 11) is 0. The number of nitrogens with zero attached hydrogens (tertiary/aromatic N) is 2. The van der Waals surface area contributed by atoms with Crippen molar-refractivity contribution in [3.8, 4) is 0 Å². The van der Waals surface area contributed by atoms with E-state index in [9.17, 15) is 0 Å². The first kappa shape index (κ1) is 6.91. The van der Waals surface area contributed by atoms with Crippen molar-refractivity contribution in [1.29, 1.82) is 0 Å². The lowest BCUT2D eigenvalue weighted by molar-refractivity contribution is 0.000870. The van der Waals surface area contributed by atoms with Gasteiger partial charge in [0.25, 0.3) is 6.21 Å². The topological polar surface area (TPSA) is 36.4 Å². The summed E-state index contributed by atoms with van der Waals surface area (Å²) in [6.07, 6.45) is 3.65. The molecule has 0 aliphatic carbocycles. The molecule has 0 bridgehead atoms. The maximum Gasteiger partial charge on any atom is 0.257 e. The predicted molar refractivity (Wildman–Crippen MR) is 32.3 cm³/mol. The van der Waals surface area contributed by atoms with Gasteiger partial charge in [0.2, 0.25) is 16.3 Å². The number of unbranched alkanes of at least 4 members (excludes halogenated alkanes) is 1. The quantitative estimate of drug-likeness (QED) is 0.163. The van der Waals surface area contributed by atoms with Gasteiger partial charge in [0, 0.05) is 6.42 Å². The molecule has 0 atom stereocenters. The lowest BCUT2D eigenvalue weighted by Crippen LogP contribution is -1.75. The van der Waals surface area contributed by atoms with E-state index < -0.39 is 0 Å². The van der Waals surface area contributed by atoms with Crippen molar-refractivity contribution in [3.63, 3.8) is 0 Å². The Hall–Kier alpha value is -0.0875. The summed E-state index contributed by atoms with van der Waals surface area (Å²) < 4.78 is 0. The molecule has 0 N–H and O–H groups in total. The highest BCUT2D eigenvalue weighted by Gasteiger charge is 1.79. The lowest BCUT2D eigenvalue weighted by atomic mass is 10.4. The molecule has 0 aromatic heterocycles. The highest BCUT2D eigenvalue weighted by molar-refractivity contribution is 6.08. The standard InChI is InChI=1S/C4H7N2.Al.2H/c1-2-3-4-6-5;;;/h4H,1-3H2;;;. The van der Waals surface area contributed by atoms with Gasteiger partial charge in [-0.25, -0.2) is 0 Å². The molecule has 0 saturated carbocycles. The molecular weight excluding hydrogens is 103 g/mol. The summed E-state index contributed by atoms with van der Waals surface area (Å²) in [6, 6.07) is 0. The SMILES string of the molecule is [N-]=[N+]=CCC[CH2][AlH2]. The first-order chi connectivity index (χ1) is 3.41. The number of hydrogen-bond donors (Lipinski definition) is 0. The van der Waals surface area contributed by atoms with Crippen LogP contribution < -0.4 is 0 Å². The first-order valence-corrected chi connectivity index (χ1v) is 3.99. The van der Waals surface area contributed by atoms with Crippen LogP contribution in [0.2, 0.25) is 5.28 Å². The summed E-state index contributed by atoms with van der Waals surface area (Å²) in [4.78, 5) is 2.86. The van der Waals surface area contributed by atoms with Crippen LogP contribution in [0, 0.1) is 0 Å². The van der Waals surface area contributed by atoms with E-state index in [2.05, 4.69) is 4.79 Å². The second-order valence-electron chi connectivity index (χ2n) is 1.44. The van der Waals surface area contributed by atoms with Crippen LogP contribution in [0.25, 0.3) is 5.53 Å². The monoisotopic (exact) mass is 112 g/mol. The molecule has 2 nitrogen and oxygen atoms in total. The zero-order valence-corrected chi connectivity index (χ0v) is 6.59. The van der Waals surface area contributed by atoms with Crippen LogP contribution in [0.15, 0.2) is 0 Å². The van der Waals surface area contributed by atoms with E-state index >= 15 is 0 Å². The molecule has 0 heterocycles. The van der Waals surface area contributed by atoms with Gasteiger partial charge in [-0.05, 0) is 0 Å². The van der Waals surface area contributed by atoms with Gasteiger partial charge in [0.15, 0.2) is 0 Å². The van der Waals surface area contributed by atoms with Crippen molar-refractivity contribution in [2.24, 2.45) is 0 Å². The van der Waals surface area contributed by atoms with E-state index in [4.69, 9.17) is 5.53 Å². The Balaban J connectivity index is 2.83. The minimum absolute atomic E-state index is 0.931. The van der Waals surface area contributed by atoms with Crippen molar-refractivity contribution >= 4 is 22.5 Å². The van der Waals surface area contributed by atoms with E-state index in [1.54, 1.807) is 0 Å². The smallest absolute Gasteiger partial charge is 0.257 e. The molecule has 0 rings (SSSR count). The van der Waals surface area contributed by atoms with Crippen molar-refractivity contribution in [1.82, 2.24) is 0 Å². The predicted octanol–water partition coefficient (Wildman–Crippen LogP) is 0.119. The largest absolute Gasteiger partial charge is 0.362 e. The Morgan fingerprint density at radius 2 is 2.43 bits per heavy atom. The third-order valence-electron chi connectivity index (χ3n) is 0.768. The van der Waals surface area contributed by atoms with E-state index in [0.717, 1.165) is 6.42 Å². The van der Waals surface area contributed by atoms with Gasteiger partial charge in [0.1, 0.15) is 0 Å². The Kier molecular flexibility index (Phi) is 5.84. The molecule has 0 spiro atoms. The fraction of sp³-hybridized carbons (Fsp3) is 0.750. The molecule has 0 aromatic carbocycles. The summed E-state index contributed by atoms with van der Waals surface area (Å²) in [5.41, 5.74) is 7.87. The van der Waals surface area contributed by atoms with E-state index in [1.165, 1.54) is 34.2 Å². The minimum Gasteiger partial charge on any atom is -0.362 e. The van der Waals surface area contributed by atoms with Crippen LogP contribution >= 0.6 is 0 Å². The molecule has 0 fully saturated rings. The summed E-state index contributed by atoms with van der Waals surface area (Å²) >= 11 is 1.26. The van der Waals surface area contributed by atoms with Crippen LogP contribution in [0.3, 0.4) is 0 Å². The Bertz CT molecular complexity index is 75.8. The number of rotatable bonds is 3. The third kappa shape index (κ3) is 5.91.